The fourth-order valence-corrected chi connectivity index (χ4v) is 1.42. The standard InChI is InChI=1S/C13H18FNO3/c1-9(8-17-3)15-13(16)10(2)18-12-6-4-11(14)5-7-12/h4-7,9-10H,8H2,1-3H3,(H,15,16)/t9-,10-/m1/s1. The molecule has 18 heavy (non-hydrogen) atoms. The predicted molar refractivity (Wildman–Crippen MR) is 66.0 cm³/mol. The van der Waals surface area contributed by atoms with Crippen molar-refractivity contribution in [3.63, 3.8) is 0 Å². The third kappa shape index (κ3) is 4.71. The van der Waals surface area contributed by atoms with Crippen LogP contribution in [0.15, 0.2) is 24.3 Å². The summed E-state index contributed by atoms with van der Waals surface area (Å²) in [5.41, 5.74) is 0. The summed E-state index contributed by atoms with van der Waals surface area (Å²) in [6.45, 7) is 3.92. The van der Waals surface area contributed by atoms with Crippen molar-refractivity contribution in [1.82, 2.24) is 5.32 Å². The fourth-order valence-electron chi connectivity index (χ4n) is 1.42. The van der Waals surface area contributed by atoms with Crippen LogP contribution in [0.25, 0.3) is 0 Å². The van der Waals surface area contributed by atoms with Crippen LogP contribution in [-0.2, 0) is 9.53 Å². The van der Waals surface area contributed by atoms with Crippen molar-refractivity contribution in [3.05, 3.63) is 30.1 Å². The van der Waals surface area contributed by atoms with Crippen LogP contribution in [0.1, 0.15) is 13.8 Å². The van der Waals surface area contributed by atoms with Gasteiger partial charge in [0.15, 0.2) is 6.10 Å². The van der Waals surface area contributed by atoms with Gasteiger partial charge < -0.3 is 14.8 Å². The van der Waals surface area contributed by atoms with Gasteiger partial charge in [-0.15, -0.1) is 0 Å². The number of carbonyl (C=O) groups excluding carboxylic acids is 1. The second kappa shape index (κ2) is 6.96. The molecule has 0 aliphatic rings. The van der Waals surface area contributed by atoms with E-state index in [9.17, 15) is 9.18 Å². The lowest BCUT2D eigenvalue weighted by atomic mass is 10.3. The van der Waals surface area contributed by atoms with E-state index in [0.717, 1.165) is 0 Å². The van der Waals surface area contributed by atoms with Gasteiger partial charge in [-0.25, -0.2) is 4.39 Å². The zero-order valence-corrected chi connectivity index (χ0v) is 10.8. The molecule has 1 aromatic carbocycles. The number of methoxy groups -OCH3 is 1. The van der Waals surface area contributed by atoms with Crippen LogP contribution in [0, 0.1) is 5.82 Å². The van der Waals surface area contributed by atoms with Crippen molar-refractivity contribution < 1.29 is 18.7 Å². The van der Waals surface area contributed by atoms with Crippen molar-refractivity contribution in [2.45, 2.75) is 26.0 Å². The van der Waals surface area contributed by atoms with E-state index in [0.29, 0.717) is 12.4 Å². The molecule has 2 atom stereocenters. The minimum atomic E-state index is -0.644. The summed E-state index contributed by atoms with van der Waals surface area (Å²) in [7, 11) is 1.57. The Morgan fingerprint density at radius 2 is 1.94 bits per heavy atom. The molecule has 0 aromatic heterocycles. The van der Waals surface area contributed by atoms with E-state index in [1.807, 2.05) is 6.92 Å². The number of nitrogens with one attached hydrogen (secondary N) is 1. The maximum Gasteiger partial charge on any atom is 0.261 e. The molecule has 0 spiro atoms. The van der Waals surface area contributed by atoms with E-state index >= 15 is 0 Å². The van der Waals surface area contributed by atoms with Gasteiger partial charge in [0, 0.05) is 13.2 Å². The van der Waals surface area contributed by atoms with E-state index < -0.39 is 6.10 Å². The predicted octanol–water partition coefficient (Wildman–Crippen LogP) is 1.74. The van der Waals surface area contributed by atoms with Gasteiger partial charge in [-0.1, -0.05) is 0 Å². The Morgan fingerprint density at radius 1 is 1.33 bits per heavy atom. The number of rotatable bonds is 6. The highest BCUT2D eigenvalue weighted by Crippen LogP contribution is 2.13. The second-order valence-electron chi connectivity index (χ2n) is 4.08. The van der Waals surface area contributed by atoms with Crippen LogP contribution in [0.4, 0.5) is 4.39 Å². The molecule has 5 heteroatoms. The van der Waals surface area contributed by atoms with Gasteiger partial charge in [-0.3, -0.25) is 4.79 Å². The van der Waals surface area contributed by atoms with E-state index in [-0.39, 0.29) is 17.8 Å². The van der Waals surface area contributed by atoms with Crippen LogP contribution >= 0.6 is 0 Å². The summed E-state index contributed by atoms with van der Waals surface area (Å²) in [5, 5.41) is 2.75. The van der Waals surface area contributed by atoms with Gasteiger partial charge in [-0.05, 0) is 38.1 Å². The third-order valence-electron chi connectivity index (χ3n) is 2.30. The highest BCUT2D eigenvalue weighted by atomic mass is 19.1. The third-order valence-corrected chi connectivity index (χ3v) is 2.30. The van der Waals surface area contributed by atoms with Gasteiger partial charge in [0.2, 0.25) is 0 Å². The Hall–Kier alpha value is -1.62. The van der Waals surface area contributed by atoms with Crippen LogP contribution < -0.4 is 10.1 Å². The molecule has 1 rings (SSSR count). The van der Waals surface area contributed by atoms with Crippen molar-refractivity contribution in [1.29, 1.82) is 0 Å². The zero-order chi connectivity index (χ0) is 13.5. The first-order chi connectivity index (χ1) is 8.52. The Kier molecular flexibility index (Phi) is 5.58. The minimum Gasteiger partial charge on any atom is -0.481 e. The Bertz CT molecular complexity index is 380. The first-order valence-corrected chi connectivity index (χ1v) is 5.74. The number of amides is 1. The molecule has 0 radical (unpaired) electrons. The van der Waals surface area contributed by atoms with E-state index in [2.05, 4.69) is 5.32 Å². The van der Waals surface area contributed by atoms with Gasteiger partial charge in [-0.2, -0.15) is 0 Å². The van der Waals surface area contributed by atoms with Gasteiger partial charge in [0.1, 0.15) is 11.6 Å². The molecule has 0 saturated heterocycles. The molecule has 0 aliphatic heterocycles. The van der Waals surface area contributed by atoms with Gasteiger partial charge >= 0.3 is 0 Å². The number of hydrogen-bond acceptors (Lipinski definition) is 3. The quantitative estimate of drug-likeness (QED) is 0.842. The highest BCUT2D eigenvalue weighted by molar-refractivity contribution is 5.80. The lowest BCUT2D eigenvalue weighted by Crippen LogP contribution is -2.43. The Morgan fingerprint density at radius 3 is 2.50 bits per heavy atom. The molecule has 100 valence electrons. The first-order valence-electron chi connectivity index (χ1n) is 5.74. The Labute approximate surface area is 106 Å². The summed E-state index contributed by atoms with van der Waals surface area (Å²) in [5.74, 6) is -0.115. The number of benzene rings is 1. The van der Waals surface area contributed by atoms with E-state index in [1.165, 1.54) is 24.3 Å². The molecular weight excluding hydrogens is 237 g/mol. The zero-order valence-electron chi connectivity index (χ0n) is 10.8. The van der Waals surface area contributed by atoms with Gasteiger partial charge in [0.05, 0.1) is 6.61 Å². The van der Waals surface area contributed by atoms with Gasteiger partial charge in [0.25, 0.3) is 5.91 Å². The number of halogens is 1. The maximum atomic E-state index is 12.7. The van der Waals surface area contributed by atoms with Crippen LogP contribution in [0.5, 0.6) is 5.75 Å². The van der Waals surface area contributed by atoms with Crippen LogP contribution in [-0.4, -0.2) is 31.8 Å². The average molecular weight is 255 g/mol. The van der Waals surface area contributed by atoms with Crippen LogP contribution in [0.2, 0.25) is 0 Å². The Balaban J connectivity index is 2.46. The summed E-state index contributed by atoms with van der Waals surface area (Å²) < 4.78 is 23.0. The summed E-state index contributed by atoms with van der Waals surface area (Å²) >= 11 is 0. The minimum absolute atomic E-state index is 0.0817. The molecule has 4 nitrogen and oxygen atoms in total. The van der Waals surface area contributed by atoms with Crippen LogP contribution in [0.3, 0.4) is 0 Å². The molecule has 0 aliphatic carbocycles. The van der Waals surface area contributed by atoms with Crippen molar-refractivity contribution in [2.24, 2.45) is 0 Å². The summed E-state index contributed by atoms with van der Waals surface area (Å²) in [4.78, 5) is 11.7. The fraction of sp³-hybridized carbons (Fsp3) is 0.462. The lowest BCUT2D eigenvalue weighted by Gasteiger charge is -2.18. The number of ether oxygens (including phenoxy) is 2. The van der Waals surface area contributed by atoms with Crippen molar-refractivity contribution in [3.8, 4) is 5.75 Å². The molecule has 1 amide bonds. The maximum absolute atomic E-state index is 12.7. The molecule has 0 saturated carbocycles. The number of carbonyl (C=O) groups is 1. The molecule has 1 aromatic rings. The molecule has 0 heterocycles. The highest BCUT2D eigenvalue weighted by Gasteiger charge is 2.16. The topological polar surface area (TPSA) is 47.6 Å². The van der Waals surface area contributed by atoms with Crippen molar-refractivity contribution >= 4 is 5.91 Å². The monoisotopic (exact) mass is 255 g/mol. The van der Waals surface area contributed by atoms with E-state index in [1.54, 1.807) is 14.0 Å². The molecule has 0 fully saturated rings. The number of hydrogen-bond donors (Lipinski definition) is 1. The largest absolute Gasteiger partial charge is 0.481 e. The van der Waals surface area contributed by atoms with E-state index in [4.69, 9.17) is 9.47 Å². The molecule has 0 bridgehead atoms. The molecule has 0 unspecified atom stereocenters. The second-order valence-corrected chi connectivity index (χ2v) is 4.08. The normalized spacial score (nSPS) is 13.8. The molecular formula is C13H18FNO3. The summed E-state index contributed by atoms with van der Waals surface area (Å²) in [6, 6.07) is 5.46. The average Bonchev–Trinajstić information content (AvgIpc) is 2.32. The van der Waals surface area contributed by atoms with Crippen molar-refractivity contribution in [2.75, 3.05) is 13.7 Å². The summed E-state index contributed by atoms with van der Waals surface area (Å²) in [6.07, 6.45) is -0.644. The first kappa shape index (κ1) is 14.4. The lowest BCUT2D eigenvalue weighted by molar-refractivity contribution is -0.128. The SMILES string of the molecule is COC[C@@H](C)NC(=O)[C@@H](C)Oc1ccc(F)cc1. The molecule has 1 N–H and O–H groups in total. The smallest absolute Gasteiger partial charge is 0.261 e.